The van der Waals surface area contributed by atoms with E-state index in [2.05, 4.69) is 10.2 Å². The van der Waals surface area contributed by atoms with E-state index in [1.54, 1.807) is 22.7 Å². The standard InChI is InChI=1S/C19H21FN4O3/c1-2-4-16-21-22-17-18(25)23(10-13-5-3-6-14(20)9-13)15(11-24(16)17)19(26)7-8-27-12-19/h3,5-6,9,11,26H,2,4,7-8,10,12H2,1H3/t19-/m1/s1. The van der Waals surface area contributed by atoms with E-state index >= 15 is 0 Å². The second-order valence-electron chi connectivity index (χ2n) is 6.93. The van der Waals surface area contributed by atoms with Crippen molar-refractivity contribution in [3.8, 4) is 0 Å². The van der Waals surface area contributed by atoms with Crippen molar-refractivity contribution in [3.05, 3.63) is 63.7 Å². The Hall–Kier alpha value is -2.58. The van der Waals surface area contributed by atoms with Gasteiger partial charge in [0.2, 0.25) is 5.65 Å². The van der Waals surface area contributed by atoms with Gasteiger partial charge in [-0.05, 0) is 24.1 Å². The fraction of sp³-hybridized carbons (Fsp3) is 0.421. The molecule has 1 N–H and O–H groups in total. The second-order valence-corrected chi connectivity index (χ2v) is 6.93. The van der Waals surface area contributed by atoms with E-state index in [0.717, 1.165) is 6.42 Å². The maximum atomic E-state index is 13.6. The van der Waals surface area contributed by atoms with Gasteiger partial charge in [-0.3, -0.25) is 9.20 Å². The third-order valence-corrected chi connectivity index (χ3v) is 4.93. The Balaban J connectivity index is 1.92. The lowest BCUT2D eigenvalue weighted by molar-refractivity contribution is 0.0153. The smallest absolute Gasteiger partial charge is 0.296 e. The van der Waals surface area contributed by atoms with Gasteiger partial charge in [-0.25, -0.2) is 4.39 Å². The Kier molecular flexibility index (Phi) is 4.53. The summed E-state index contributed by atoms with van der Waals surface area (Å²) >= 11 is 0. The maximum absolute atomic E-state index is 13.6. The van der Waals surface area contributed by atoms with Gasteiger partial charge in [0.25, 0.3) is 5.56 Å². The van der Waals surface area contributed by atoms with Crippen LogP contribution in [0.4, 0.5) is 4.39 Å². The molecule has 0 saturated carbocycles. The molecule has 1 aliphatic rings. The highest BCUT2D eigenvalue weighted by atomic mass is 19.1. The third kappa shape index (κ3) is 3.15. The molecular weight excluding hydrogens is 351 g/mol. The summed E-state index contributed by atoms with van der Waals surface area (Å²) < 4.78 is 22.1. The van der Waals surface area contributed by atoms with Crippen molar-refractivity contribution in [2.45, 2.75) is 38.3 Å². The van der Waals surface area contributed by atoms with Crippen LogP contribution in [0.3, 0.4) is 0 Å². The second kappa shape index (κ2) is 6.86. The molecular formula is C19H21FN4O3. The number of fused-ring (bicyclic) bond motifs is 1. The number of aliphatic hydroxyl groups is 1. The van der Waals surface area contributed by atoms with Gasteiger partial charge in [0.1, 0.15) is 17.2 Å². The number of nitrogens with zero attached hydrogens (tertiary/aromatic N) is 4. The van der Waals surface area contributed by atoms with E-state index in [1.165, 1.54) is 16.7 Å². The van der Waals surface area contributed by atoms with Crippen molar-refractivity contribution in [3.63, 3.8) is 0 Å². The minimum absolute atomic E-state index is 0.104. The predicted molar refractivity (Wildman–Crippen MR) is 96.1 cm³/mol. The zero-order chi connectivity index (χ0) is 19.0. The number of rotatable bonds is 5. The molecule has 27 heavy (non-hydrogen) atoms. The molecule has 0 bridgehead atoms. The number of hydrogen-bond acceptors (Lipinski definition) is 5. The first-order valence-electron chi connectivity index (χ1n) is 9.04. The van der Waals surface area contributed by atoms with E-state index in [4.69, 9.17) is 4.74 Å². The van der Waals surface area contributed by atoms with Gasteiger partial charge in [0.05, 0.1) is 18.8 Å². The number of halogens is 1. The Morgan fingerprint density at radius 2 is 2.22 bits per heavy atom. The molecule has 0 spiro atoms. The van der Waals surface area contributed by atoms with Crippen LogP contribution in [0.25, 0.3) is 5.65 Å². The van der Waals surface area contributed by atoms with Gasteiger partial charge in [0, 0.05) is 25.6 Å². The minimum Gasteiger partial charge on any atom is -0.381 e. The largest absolute Gasteiger partial charge is 0.381 e. The van der Waals surface area contributed by atoms with Crippen molar-refractivity contribution in [2.24, 2.45) is 0 Å². The van der Waals surface area contributed by atoms with Crippen molar-refractivity contribution < 1.29 is 14.2 Å². The molecule has 0 unspecified atom stereocenters. The van der Waals surface area contributed by atoms with Crippen LogP contribution in [-0.4, -0.2) is 37.5 Å². The molecule has 0 radical (unpaired) electrons. The van der Waals surface area contributed by atoms with Crippen LogP contribution in [-0.2, 0) is 23.3 Å². The van der Waals surface area contributed by atoms with Gasteiger partial charge in [-0.15, -0.1) is 10.2 Å². The highest BCUT2D eigenvalue weighted by molar-refractivity contribution is 5.38. The highest BCUT2D eigenvalue weighted by Crippen LogP contribution is 2.30. The summed E-state index contributed by atoms with van der Waals surface area (Å²) in [6.45, 7) is 2.66. The van der Waals surface area contributed by atoms with Crippen LogP contribution in [0.15, 0.2) is 35.3 Å². The Labute approximate surface area is 155 Å². The molecule has 2 aromatic heterocycles. The van der Waals surface area contributed by atoms with Gasteiger partial charge in [0.15, 0.2) is 0 Å². The normalized spacial score (nSPS) is 19.8. The van der Waals surface area contributed by atoms with Crippen LogP contribution in [0, 0.1) is 5.82 Å². The molecule has 3 heterocycles. The summed E-state index contributed by atoms with van der Waals surface area (Å²) in [7, 11) is 0. The lowest BCUT2D eigenvalue weighted by Crippen LogP contribution is -2.37. The quantitative estimate of drug-likeness (QED) is 0.736. The van der Waals surface area contributed by atoms with Crippen LogP contribution >= 0.6 is 0 Å². The Morgan fingerprint density at radius 1 is 1.37 bits per heavy atom. The van der Waals surface area contributed by atoms with Crippen molar-refractivity contribution in [2.75, 3.05) is 13.2 Å². The predicted octanol–water partition coefficient (Wildman–Crippen LogP) is 1.64. The SMILES string of the molecule is CCCc1nnc2c(=O)n(Cc3cccc(F)c3)c([C@@]3(O)CCOC3)cn12. The molecule has 0 aliphatic carbocycles. The Morgan fingerprint density at radius 3 is 2.93 bits per heavy atom. The van der Waals surface area contributed by atoms with Crippen molar-refractivity contribution >= 4 is 5.65 Å². The topological polar surface area (TPSA) is 81.7 Å². The lowest BCUT2D eigenvalue weighted by Gasteiger charge is -2.25. The molecule has 8 heteroatoms. The zero-order valence-corrected chi connectivity index (χ0v) is 15.1. The van der Waals surface area contributed by atoms with E-state index in [-0.39, 0.29) is 30.2 Å². The van der Waals surface area contributed by atoms with Crippen LogP contribution in [0.1, 0.15) is 36.8 Å². The van der Waals surface area contributed by atoms with Gasteiger partial charge >= 0.3 is 0 Å². The molecule has 1 aromatic carbocycles. The van der Waals surface area contributed by atoms with Crippen LogP contribution in [0.2, 0.25) is 0 Å². The third-order valence-electron chi connectivity index (χ3n) is 4.93. The maximum Gasteiger partial charge on any atom is 0.296 e. The van der Waals surface area contributed by atoms with E-state index in [1.807, 2.05) is 6.92 Å². The summed E-state index contributed by atoms with van der Waals surface area (Å²) in [6.07, 6.45) is 3.63. The first-order chi connectivity index (χ1) is 13.0. The number of hydrogen-bond donors (Lipinski definition) is 1. The fourth-order valence-corrected chi connectivity index (χ4v) is 3.52. The molecule has 0 amide bonds. The summed E-state index contributed by atoms with van der Waals surface area (Å²) in [5.41, 5.74) is -0.403. The Bertz CT molecular complexity index is 1040. The molecule has 1 saturated heterocycles. The average molecular weight is 372 g/mol. The summed E-state index contributed by atoms with van der Waals surface area (Å²) in [6, 6.07) is 6.06. The molecule has 3 aromatic rings. The van der Waals surface area contributed by atoms with Crippen molar-refractivity contribution in [1.29, 1.82) is 0 Å². The number of aromatic nitrogens is 4. The van der Waals surface area contributed by atoms with Gasteiger partial charge in [-0.1, -0.05) is 19.1 Å². The van der Waals surface area contributed by atoms with E-state index < -0.39 is 5.60 Å². The van der Waals surface area contributed by atoms with E-state index in [0.29, 0.717) is 36.5 Å². The lowest BCUT2D eigenvalue weighted by atomic mass is 9.98. The van der Waals surface area contributed by atoms with Crippen LogP contribution < -0.4 is 5.56 Å². The fourth-order valence-electron chi connectivity index (χ4n) is 3.52. The molecule has 142 valence electrons. The monoisotopic (exact) mass is 372 g/mol. The molecule has 7 nitrogen and oxygen atoms in total. The minimum atomic E-state index is -1.28. The molecule has 1 fully saturated rings. The van der Waals surface area contributed by atoms with Crippen molar-refractivity contribution in [1.82, 2.24) is 19.2 Å². The summed E-state index contributed by atoms with van der Waals surface area (Å²) in [5.74, 6) is 0.296. The number of benzene rings is 1. The summed E-state index contributed by atoms with van der Waals surface area (Å²) in [4.78, 5) is 13.1. The first-order valence-corrected chi connectivity index (χ1v) is 9.04. The highest BCUT2D eigenvalue weighted by Gasteiger charge is 2.38. The molecule has 4 rings (SSSR count). The molecule has 1 aliphatic heterocycles. The van der Waals surface area contributed by atoms with E-state index in [9.17, 15) is 14.3 Å². The molecule has 1 atom stereocenters. The summed E-state index contributed by atoms with van der Waals surface area (Å²) in [5, 5.41) is 19.3. The zero-order valence-electron chi connectivity index (χ0n) is 15.1. The first kappa shape index (κ1) is 17.8. The van der Waals surface area contributed by atoms with Gasteiger partial charge < -0.3 is 14.4 Å². The number of aryl methyl sites for hydroxylation is 1. The number of ether oxygens (including phenoxy) is 1. The van der Waals surface area contributed by atoms with Crippen LogP contribution in [0.5, 0.6) is 0 Å². The average Bonchev–Trinajstić information content (AvgIpc) is 3.25. The van der Waals surface area contributed by atoms with Gasteiger partial charge in [-0.2, -0.15) is 0 Å².